The van der Waals surface area contributed by atoms with Gasteiger partial charge in [0.05, 0.1) is 27.8 Å². The van der Waals surface area contributed by atoms with E-state index < -0.39 is 10.4 Å². The number of esters is 1. The average Bonchev–Trinajstić information content (AvgIpc) is 2.81. The van der Waals surface area contributed by atoms with Crippen LogP contribution in [0.15, 0.2) is 30.3 Å². The van der Waals surface area contributed by atoms with Gasteiger partial charge in [-0.25, -0.2) is 13.2 Å². The van der Waals surface area contributed by atoms with Gasteiger partial charge in [-0.15, -0.1) is 0 Å². The van der Waals surface area contributed by atoms with Gasteiger partial charge >= 0.3 is 5.97 Å². The van der Waals surface area contributed by atoms with Gasteiger partial charge in [-0.2, -0.15) is 0 Å². The molecule has 0 aliphatic heterocycles. The standard InChI is InChI=1S/C25H41NO3.CH4O4S/c1-4-5-6-7-8-9-10-11-12-13-21-28-24-17-14-23(15-18-24)16-19-25(27)29-22-20-26(2)3;1-5-6(2,3)4/h14-19H,4-13,20-22H2,1-3H3;1H3,(H,2,3,4). The summed E-state index contributed by atoms with van der Waals surface area (Å²) >= 11 is 0. The summed E-state index contributed by atoms with van der Waals surface area (Å²) in [5.41, 5.74) is 0.964. The molecule has 0 aliphatic carbocycles. The molecule has 35 heavy (non-hydrogen) atoms. The van der Waals surface area contributed by atoms with E-state index in [0.29, 0.717) is 6.61 Å². The van der Waals surface area contributed by atoms with Crippen molar-refractivity contribution in [1.29, 1.82) is 0 Å². The van der Waals surface area contributed by atoms with Gasteiger partial charge < -0.3 is 18.9 Å². The Hall–Kier alpha value is -1.94. The van der Waals surface area contributed by atoms with Gasteiger partial charge in [-0.1, -0.05) is 76.8 Å². The first-order valence-corrected chi connectivity index (χ1v) is 13.9. The summed E-state index contributed by atoms with van der Waals surface area (Å²) in [6.07, 6.45) is 16.6. The molecule has 202 valence electrons. The Morgan fingerprint density at radius 3 is 1.91 bits per heavy atom. The molecule has 0 aromatic heterocycles. The van der Waals surface area contributed by atoms with Gasteiger partial charge in [0, 0.05) is 6.08 Å². The quantitative estimate of drug-likeness (QED) is 0.104. The zero-order valence-corrected chi connectivity index (χ0v) is 22.7. The van der Waals surface area contributed by atoms with Crippen molar-refractivity contribution in [2.24, 2.45) is 0 Å². The van der Waals surface area contributed by atoms with E-state index in [2.05, 4.69) is 11.1 Å². The summed E-state index contributed by atoms with van der Waals surface area (Å²) in [6.45, 7) is 4.29. The fourth-order valence-electron chi connectivity index (χ4n) is 3.02. The highest BCUT2D eigenvalue weighted by molar-refractivity contribution is 7.80. The van der Waals surface area contributed by atoms with E-state index in [1.54, 1.807) is 6.08 Å². The third-order valence-electron chi connectivity index (χ3n) is 5.11. The van der Waals surface area contributed by atoms with E-state index in [1.807, 2.05) is 38.4 Å². The summed E-state index contributed by atoms with van der Waals surface area (Å²) in [4.78, 5) is 12.9. The molecule has 0 saturated heterocycles. The highest BCUT2D eigenvalue weighted by atomic mass is 32.3. The molecule has 1 rings (SSSR count). The Kier molecular flexibility index (Phi) is 20.2. The number of ether oxygens (including phenoxy) is 2. The van der Waals surface area contributed by atoms with Crippen LogP contribution in [0.25, 0.3) is 6.08 Å². The van der Waals surface area contributed by atoms with Crippen molar-refractivity contribution in [3.05, 3.63) is 35.9 Å². The van der Waals surface area contributed by atoms with Gasteiger partial charge in [-0.05, 0) is 30.2 Å². The molecule has 0 unspecified atom stereocenters. The first-order chi connectivity index (χ1) is 16.7. The maximum Gasteiger partial charge on any atom is 0.330 e. The Balaban J connectivity index is 0.00000170. The largest absolute Gasteiger partial charge is 0.726 e. The molecule has 1 aromatic rings. The smallest absolute Gasteiger partial charge is 0.330 e. The monoisotopic (exact) mass is 515 g/mol. The van der Waals surface area contributed by atoms with Crippen molar-refractivity contribution >= 4 is 22.4 Å². The van der Waals surface area contributed by atoms with Gasteiger partial charge in [-0.3, -0.25) is 4.18 Å². The molecule has 0 amide bonds. The predicted molar refractivity (Wildman–Crippen MR) is 138 cm³/mol. The Bertz CT molecular complexity index is 777. The lowest BCUT2D eigenvalue weighted by Crippen LogP contribution is -3.06. The second-order valence-electron chi connectivity index (χ2n) is 8.63. The third-order valence-corrected chi connectivity index (χ3v) is 5.52. The summed E-state index contributed by atoms with van der Waals surface area (Å²) in [5, 5.41) is 0. The van der Waals surface area contributed by atoms with Crippen molar-refractivity contribution in [3.63, 3.8) is 0 Å². The molecule has 0 fully saturated rings. The minimum Gasteiger partial charge on any atom is -0.726 e. The SMILES string of the molecule is CCCCCCCCCCCCOc1ccc(C=CC(=O)OCC[NH+](C)C)cc1.COS(=O)(=O)[O-]. The van der Waals surface area contributed by atoms with E-state index in [4.69, 9.17) is 9.47 Å². The molecule has 8 nitrogen and oxygen atoms in total. The highest BCUT2D eigenvalue weighted by Crippen LogP contribution is 2.15. The predicted octanol–water partition coefficient (Wildman–Crippen LogP) is 3.78. The fourth-order valence-corrected chi connectivity index (χ4v) is 3.02. The number of unbranched alkanes of at least 4 members (excludes halogenated alkanes) is 9. The van der Waals surface area contributed by atoms with Crippen LogP contribution in [0.5, 0.6) is 5.75 Å². The van der Waals surface area contributed by atoms with Gasteiger partial charge in [0.25, 0.3) is 0 Å². The van der Waals surface area contributed by atoms with Crippen LogP contribution in [-0.4, -0.2) is 59.9 Å². The third kappa shape index (κ3) is 23.6. The van der Waals surface area contributed by atoms with Crippen molar-refractivity contribution in [2.45, 2.75) is 71.1 Å². The van der Waals surface area contributed by atoms with Crippen molar-refractivity contribution in [1.82, 2.24) is 0 Å². The molecular weight excluding hydrogens is 470 g/mol. The summed E-state index contributed by atoms with van der Waals surface area (Å²) in [7, 11) is 0.459. The lowest BCUT2D eigenvalue weighted by molar-refractivity contribution is -0.858. The lowest BCUT2D eigenvalue weighted by Gasteiger charge is -2.07. The summed E-state index contributed by atoms with van der Waals surface area (Å²) in [6, 6.07) is 7.83. The molecular formula is C26H45NO7S. The van der Waals surface area contributed by atoms with Crippen molar-refractivity contribution in [2.75, 3.05) is 41.0 Å². The fraction of sp³-hybridized carbons (Fsp3) is 0.654. The zero-order valence-electron chi connectivity index (χ0n) is 21.9. The molecule has 1 aromatic carbocycles. The number of hydrogen-bond acceptors (Lipinski definition) is 7. The molecule has 0 atom stereocenters. The molecule has 0 aliphatic rings. The van der Waals surface area contributed by atoms with E-state index in [0.717, 1.165) is 38.0 Å². The Labute approximate surface area is 212 Å². The average molecular weight is 516 g/mol. The van der Waals surface area contributed by atoms with Crippen LogP contribution in [0.2, 0.25) is 0 Å². The Morgan fingerprint density at radius 1 is 0.914 bits per heavy atom. The lowest BCUT2D eigenvalue weighted by atomic mass is 10.1. The molecule has 1 N–H and O–H groups in total. The summed E-state index contributed by atoms with van der Waals surface area (Å²) < 4.78 is 42.0. The minimum absolute atomic E-state index is 0.299. The number of carbonyl (C=O) groups excluding carboxylic acids is 1. The molecule has 9 heteroatoms. The van der Waals surface area contributed by atoms with Gasteiger partial charge in [0.2, 0.25) is 10.4 Å². The number of rotatable bonds is 18. The second kappa shape index (κ2) is 21.4. The van der Waals surface area contributed by atoms with Gasteiger partial charge in [0.1, 0.15) is 18.9 Å². The van der Waals surface area contributed by atoms with E-state index in [-0.39, 0.29) is 5.97 Å². The van der Waals surface area contributed by atoms with Crippen LogP contribution < -0.4 is 9.64 Å². The molecule has 0 spiro atoms. The number of benzene rings is 1. The van der Waals surface area contributed by atoms with Crippen LogP contribution in [0.4, 0.5) is 0 Å². The van der Waals surface area contributed by atoms with E-state index in [9.17, 15) is 17.8 Å². The van der Waals surface area contributed by atoms with Crippen molar-refractivity contribution < 1.29 is 36.3 Å². The summed E-state index contributed by atoms with van der Waals surface area (Å²) in [5.74, 6) is 0.585. The molecule has 0 heterocycles. The van der Waals surface area contributed by atoms with Crippen molar-refractivity contribution in [3.8, 4) is 5.75 Å². The van der Waals surface area contributed by atoms with Crippen LogP contribution in [0.3, 0.4) is 0 Å². The maximum atomic E-state index is 11.6. The normalized spacial score (nSPS) is 11.4. The first kappa shape index (κ1) is 33.1. The zero-order chi connectivity index (χ0) is 26.4. The van der Waals surface area contributed by atoms with Crippen LogP contribution >= 0.6 is 0 Å². The minimum atomic E-state index is -4.41. The van der Waals surface area contributed by atoms with E-state index in [1.165, 1.54) is 68.8 Å². The van der Waals surface area contributed by atoms with E-state index >= 15 is 0 Å². The number of nitrogens with one attached hydrogen (secondary N) is 1. The molecule has 0 bridgehead atoms. The number of likely N-dealkylation sites (N-methyl/N-ethyl adjacent to an activating group) is 1. The highest BCUT2D eigenvalue weighted by Gasteiger charge is 2.00. The molecule has 0 saturated carbocycles. The van der Waals surface area contributed by atoms with Gasteiger partial charge in [0.15, 0.2) is 0 Å². The second-order valence-corrected chi connectivity index (χ2v) is 9.78. The topological polar surface area (TPSA) is 106 Å². The maximum absolute atomic E-state index is 11.6. The number of hydrogen-bond donors (Lipinski definition) is 1. The van der Waals surface area contributed by atoms with Crippen LogP contribution in [-0.2, 0) is 24.1 Å². The first-order valence-electron chi connectivity index (χ1n) is 12.6. The number of carbonyl (C=O) groups is 1. The number of quaternary nitrogens is 1. The van der Waals surface area contributed by atoms with Crippen LogP contribution in [0.1, 0.15) is 76.7 Å². The Morgan fingerprint density at radius 2 is 1.43 bits per heavy atom. The molecule has 0 radical (unpaired) electrons. The van der Waals surface area contributed by atoms with Crippen LogP contribution in [0, 0.1) is 0 Å².